The minimum atomic E-state index is 0.464. The van der Waals surface area contributed by atoms with Gasteiger partial charge in [0, 0.05) is 6.54 Å². The molecule has 0 bridgehead atoms. The maximum absolute atomic E-state index is 5.69. The van der Waals surface area contributed by atoms with Crippen LogP contribution in [0.3, 0.4) is 0 Å². The van der Waals surface area contributed by atoms with Gasteiger partial charge in [0.15, 0.2) is 0 Å². The molecule has 2 heteroatoms. The van der Waals surface area contributed by atoms with E-state index in [2.05, 4.69) is 32.7 Å². The molecule has 2 unspecified atom stereocenters. The van der Waals surface area contributed by atoms with Crippen LogP contribution in [0.15, 0.2) is 0 Å². The Labute approximate surface area is 69.5 Å². The average Bonchev–Trinajstić information content (AvgIpc) is 1.85. The van der Waals surface area contributed by atoms with Gasteiger partial charge in [-0.25, -0.2) is 0 Å². The molecule has 0 aromatic carbocycles. The van der Waals surface area contributed by atoms with Crippen LogP contribution in [0.25, 0.3) is 0 Å². The highest BCUT2D eigenvalue weighted by Gasteiger charge is 2.26. The second-order valence-electron chi connectivity index (χ2n) is 4.02. The lowest BCUT2D eigenvalue weighted by atomic mass is 9.93. The van der Waals surface area contributed by atoms with Crippen molar-refractivity contribution >= 4 is 0 Å². The van der Waals surface area contributed by atoms with Gasteiger partial charge in [-0.3, -0.25) is 4.90 Å². The first-order valence-corrected chi connectivity index (χ1v) is 4.41. The van der Waals surface area contributed by atoms with E-state index in [0.29, 0.717) is 17.9 Å². The molecule has 1 aliphatic rings. The Bertz CT molecular complexity index is 125. The largest absolute Gasteiger partial charge is 0.362 e. The van der Waals surface area contributed by atoms with E-state index in [4.69, 9.17) is 4.74 Å². The van der Waals surface area contributed by atoms with Gasteiger partial charge < -0.3 is 4.74 Å². The van der Waals surface area contributed by atoms with E-state index in [-0.39, 0.29) is 0 Å². The van der Waals surface area contributed by atoms with Gasteiger partial charge in [-0.15, -0.1) is 0 Å². The van der Waals surface area contributed by atoms with Crippen LogP contribution < -0.4 is 0 Å². The van der Waals surface area contributed by atoms with Gasteiger partial charge in [0.2, 0.25) is 0 Å². The lowest BCUT2D eigenvalue weighted by Gasteiger charge is -2.37. The van der Waals surface area contributed by atoms with Gasteiger partial charge in [0.05, 0.1) is 12.8 Å². The van der Waals surface area contributed by atoms with Crippen LogP contribution in [-0.2, 0) is 4.74 Å². The Morgan fingerprint density at radius 2 is 2.09 bits per heavy atom. The lowest BCUT2D eigenvalue weighted by molar-refractivity contribution is -0.107. The number of hydrogen-bond acceptors (Lipinski definition) is 2. The van der Waals surface area contributed by atoms with Crippen molar-refractivity contribution in [3.8, 4) is 0 Å². The molecule has 0 saturated carbocycles. The normalized spacial score (nSPS) is 34.6. The summed E-state index contributed by atoms with van der Waals surface area (Å²) in [4.78, 5) is 2.23. The predicted octanol–water partition coefficient (Wildman–Crippen LogP) is 1.57. The van der Waals surface area contributed by atoms with Crippen molar-refractivity contribution in [3.63, 3.8) is 0 Å². The Morgan fingerprint density at radius 1 is 1.45 bits per heavy atom. The maximum Gasteiger partial charge on any atom is 0.0991 e. The number of ether oxygens (including phenoxy) is 1. The highest BCUT2D eigenvalue weighted by atomic mass is 16.5. The molecule has 1 saturated heterocycles. The van der Waals surface area contributed by atoms with Crippen LogP contribution in [0.2, 0.25) is 0 Å². The van der Waals surface area contributed by atoms with Crippen molar-refractivity contribution in [1.29, 1.82) is 0 Å². The van der Waals surface area contributed by atoms with Crippen molar-refractivity contribution in [2.75, 3.05) is 20.3 Å². The van der Waals surface area contributed by atoms with E-state index in [1.807, 2.05) is 0 Å². The van der Waals surface area contributed by atoms with Crippen molar-refractivity contribution in [2.24, 2.45) is 11.8 Å². The minimum Gasteiger partial charge on any atom is -0.362 e. The molecule has 0 aromatic heterocycles. The number of nitrogens with zero attached hydrogens (tertiary/aromatic N) is 1. The quantitative estimate of drug-likeness (QED) is 0.573. The van der Waals surface area contributed by atoms with Gasteiger partial charge in [-0.05, 0) is 18.9 Å². The molecule has 66 valence electrons. The SMILES string of the molecule is CC(C)C1OCN(C)CC1C. The molecule has 0 amide bonds. The molecule has 0 spiro atoms. The monoisotopic (exact) mass is 157 g/mol. The van der Waals surface area contributed by atoms with E-state index < -0.39 is 0 Å². The summed E-state index contributed by atoms with van der Waals surface area (Å²) in [6.07, 6.45) is 0.464. The van der Waals surface area contributed by atoms with Crippen LogP contribution in [0.5, 0.6) is 0 Å². The van der Waals surface area contributed by atoms with Gasteiger partial charge in [-0.2, -0.15) is 0 Å². The zero-order chi connectivity index (χ0) is 8.43. The Hall–Kier alpha value is -0.0800. The van der Waals surface area contributed by atoms with Crippen LogP contribution >= 0.6 is 0 Å². The first-order chi connectivity index (χ1) is 5.11. The minimum absolute atomic E-state index is 0.464. The molecular formula is C9H19NO. The molecule has 1 fully saturated rings. The molecule has 2 nitrogen and oxygen atoms in total. The summed E-state index contributed by atoms with van der Waals surface area (Å²) in [5.41, 5.74) is 0. The average molecular weight is 157 g/mol. The highest BCUT2D eigenvalue weighted by Crippen LogP contribution is 2.21. The van der Waals surface area contributed by atoms with Gasteiger partial charge in [0.25, 0.3) is 0 Å². The lowest BCUT2D eigenvalue weighted by Crippen LogP contribution is -2.43. The van der Waals surface area contributed by atoms with Crippen molar-refractivity contribution in [3.05, 3.63) is 0 Å². The van der Waals surface area contributed by atoms with Crippen LogP contribution in [0, 0.1) is 11.8 Å². The summed E-state index contributed by atoms with van der Waals surface area (Å²) in [5.74, 6) is 1.33. The van der Waals surface area contributed by atoms with E-state index in [9.17, 15) is 0 Å². The molecule has 1 heterocycles. The third kappa shape index (κ3) is 2.17. The molecule has 0 aromatic rings. The zero-order valence-corrected chi connectivity index (χ0v) is 8.00. The van der Waals surface area contributed by atoms with Gasteiger partial charge in [-0.1, -0.05) is 20.8 Å². The predicted molar refractivity (Wildman–Crippen MR) is 46.4 cm³/mol. The van der Waals surface area contributed by atoms with Gasteiger partial charge >= 0.3 is 0 Å². The summed E-state index contributed by atoms with van der Waals surface area (Å²) in [7, 11) is 2.10. The topological polar surface area (TPSA) is 12.5 Å². The summed E-state index contributed by atoms with van der Waals surface area (Å²) in [6, 6.07) is 0. The smallest absolute Gasteiger partial charge is 0.0991 e. The second kappa shape index (κ2) is 3.55. The third-order valence-corrected chi connectivity index (χ3v) is 2.30. The molecule has 0 N–H and O–H groups in total. The first-order valence-electron chi connectivity index (χ1n) is 4.41. The molecular weight excluding hydrogens is 138 g/mol. The fraction of sp³-hybridized carbons (Fsp3) is 1.00. The van der Waals surface area contributed by atoms with Crippen molar-refractivity contribution in [2.45, 2.75) is 26.9 Å². The molecule has 0 aliphatic carbocycles. The fourth-order valence-corrected chi connectivity index (χ4v) is 1.88. The first kappa shape index (κ1) is 9.01. The Kier molecular flexibility index (Phi) is 2.90. The van der Waals surface area contributed by atoms with E-state index >= 15 is 0 Å². The summed E-state index contributed by atoms with van der Waals surface area (Å²) in [5, 5.41) is 0. The van der Waals surface area contributed by atoms with Crippen LogP contribution in [-0.4, -0.2) is 31.3 Å². The molecule has 0 radical (unpaired) electrons. The highest BCUT2D eigenvalue weighted by molar-refractivity contribution is 4.75. The number of hydrogen-bond donors (Lipinski definition) is 0. The molecule has 11 heavy (non-hydrogen) atoms. The standard InChI is InChI=1S/C9H19NO/c1-7(2)9-8(3)5-10(4)6-11-9/h7-9H,5-6H2,1-4H3. The van der Waals surface area contributed by atoms with E-state index in [0.717, 1.165) is 6.73 Å². The van der Waals surface area contributed by atoms with Gasteiger partial charge in [0.1, 0.15) is 0 Å². The second-order valence-corrected chi connectivity index (χ2v) is 4.02. The molecule has 1 aliphatic heterocycles. The Balaban J connectivity index is 2.44. The van der Waals surface area contributed by atoms with Crippen molar-refractivity contribution < 1.29 is 4.74 Å². The van der Waals surface area contributed by atoms with Crippen LogP contribution in [0.1, 0.15) is 20.8 Å². The molecule has 1 rings (SSSR count). The van der Waals surface area contributed by atoms with E-state index in [1.165, 1.54) is 6.54 Å². The fourth-order valence-electron chi connectivity index (χ4n) is 1.88. The summed E-state index contributed by atoms with van der Waals surface area (Å²) in [6.45, 7) is 8.69. The molecule has 2 atom stereocenters. The summed E-state index contributed by atoms with van der Waals surface area (Å²) < 4.78 is 5.69. The van der Waals surface area contributed by atoms with Crippen LogP contribution in [0.4, 0.5) is 0 Å². The van der Waals surface area contributed by atoms with Crippen molar-refractivity contribution in [1.82, 2.24) is 4.90 Å². The summed E-state index contributed by atoms with van der Waals surface area (Å²) >= 11 is 0. The Morgan fingerprint density at radius 3 is 2.55 bits per heavy atom. The third-order valence-electron chi connectivity index (χ3n) is 2.30. The zero-order valence-electron chi connectivity index (χ0n) is 8.00. The number of rotatable bonds is 1. The van der Waals surface area contributed by atoms with E-state index in [1.54, 1.807) is 0 Å². The maximum atomic E-state index is 5.69.